The summed E-state index contributed by atoms with van der Waals surface area (Å²) < 4.78 is 25.1. The third-order valence-corrected chi connectivity index (χ3v) is 4.96. The number of amidine groups is 1. The van der Waals surface area contributed by atoms with Crippen LogP contribution in [-0.4, -0.2) is 28.0 Å². The predicted octanol–water partition coefficient (Wildman–Crippen LogP) is 5.45. The molecule has 30 heavy (non-hydrogen) atoms. The Kier molecular flexibility index (Phi) is 8.02. The first-order valence-corrected chi connectivity index (χ1v) is 10.5. The van der Waals surface area contributed by atoms with Crippen LogP contribution in [0.3, 0.4) is 0 Å². The Morgan fingerprint density at radius 3 is 2.77 bits per heavy atom. The van der Waals surface area contributed by atoms with Crippen molar-refractivity contribution in [2.45, 2.75) is 20.0 Å². The van der Waals surface area contributed by atoms with Crippen LogP contribution in [0, 0.1) is 5.82 Å². The van der Waals surface area contributed by atoms with Crippen LogP contribution in [0.5, 0.6) is 11.8 Å². The minimum absolute atomic E-state index is 0.0533. The van der Waals surface area contributed by atoms with Gasteiger partial charge in [0, 0.05) is 11.4 Å². The highest BCUT2D eigenvalue weighted by Crippen LogP contribution is 2.22. The molecule has 1 heterocycles. The van der Waals surface area contributed by atoms with Gasteiger partial charge in [-0.2, -0.15) is 4.98 Å². The predicted molar refractivity (Wildman–Crippen MR) is 119 cm³/mol. The highest BCUT2D eigenvalue weighted by Gasteiger charge is 2.10. The SMILES string of the molecule is CCCSC(=Nc1nc(OCc2cccc(OC)c2)ncc1F)Nc1ccccc1. The third kappa shape index (κ3) is 6.45. The molecule has 6 nitrogen and oxygen atoms in total. The van der Waals surface area contributed by atoms with E-state index in [9.17, 15) is 4.39 Å². The molecule has 0 atom stereocenters. The number of nitrogens with one attached hydrogen (secondary N) is 1. The second kappa shape index (κ2) is 11.2. The largest absolute Gasteiger partial charge is 0.497 e. The van der Waals surface area contributed by atoms with Gasteiger partial charge in [0.05, 0.1) is 13.3 Å². The van der Waals surface area contributed by atoms with E-state index in [1.807, 2.05) is 54.6 Å². The van der Waals surface area contributed by atoms with Gasteiger partial charge >= 0.3 is 6.01 Å². The van der Waals surface area contributed by atoms with Crippen LogP contribution >= 0.6 is 11.8 Å². The van der Waals surface area contributed by atoms with Crippen LogP contribution < -0.4 is 14.8 Å². The van der Waals surface area contributed by atoms with E-state index in [4.69, 9.17) is 9.47 Å². The first kappa shape index (κ1) is 21.6. The number of nitrogens with zero attached hydrogens (tertiary/aromatic N) is 3. The van der Waals surface area contributed by atoms with Crippen molar-refractivity contribution in [2.24, 2.45) is 4.99 Å². The van der Waals surface area contributed by atoms with Gasteiger partial charge in [0.25, 0.3) is 0 Å². The summed E-state index contributed by atoms with van der Waals surface area (Å²) in [6.07, 6.45) is 2.03. The topological polar surface area (TPSA) is 68.6 Å². The molecule has 0 fully saturated rings. The van der Waals surface area contributed by atoms with Crippen LogP contribution in [0.4, 0.5) is 15.9 Å². The van der Waals surface area contributed by atoms with E-state index >= 15 is 0 Å². The van der Waals surface area contributed by atoms with Crippen molar-refractivity contribution in [1.29, 1.82) is 0 Å². The van der Waals surface area contributed by atoms with Crippen molar-refractivity contribution in [3.8, 4) is 11.8 Å². The summed E-state index contributed by atoms with van der Waals surface area (Å²) in [5.41, 5.74) is 1.75. The van der Waals surface area contributed by atoms with E-state index in [0.29, 0.717) is 5.17 Å². The van der Waals surface area contributed by atoms with Crippen LogP contribution in [0.1, 0.15) is 18.9 Å². The van der Waals surface area contributed by atoms with E-state index in [0.717, 1.165) is 35.4 Å². The number of para-hydroxylation sites is 1. The molecule has 0 saturated carbocycles. The first-order chi connectivity index (χ1) is 14.7. The average Bonchev–Trinajstić information content (AvgIpc) is 2.78. The van der Waals surface area contributed by atoms with E-state index in [1.54, 1.807) is 7.11 Å². The summed E-state index contributed by atoms with van der Waals surface area (Å²) in [7, 11) is 1.60. The van der Waals surface area contributed by atoms with Gasteiger partial charge in [-0.15, -0.1) is 0 Å². The van der Waals surface area contributed by atoms with Crippen molar-refractivity contribution < 1.29 is 13.9 Å². The van der Waals surface area contributed by atoms with Crippen LogP contribution in [0.15, 0.2) is 65.8 Å². The molecule has 1 aromatic heterocycles. The van der Waals surface area contributed by atoms with Gasteiger partial charge in [-0.3, -0.25) is 0 Å². The fraction of sp³-hybridized carbons (Fsp3) is 0.227. The zero-order valence-electron chi connectivity index (χ0n) is 16.8. The van der Waals surface area contributed by atoms with Crippen LogP contribution in [0.25, 0.3) is 0 Å². The second-order valence-electron chi connectivity index (χ2n) is 6.22. The molecule has 2 aromatic carbocycles. The molecule has 0 amide bonds. The molecule has 3 aromatic rings. The molecule has 0 unspecified atom stereocenters. The Morgan fingerprint density at radius 1 is 1.17 bits per heavy atom. The van der Waals surface area contributed by atoms with Gasteiger partial charge in [-0.25, -0.2) is 14.4 Å². The summed E-state index contributed by atoms with van der Waals surface area (Å²) in [6, 6.07) is 17.1. The number of benzene rings is 2. The number of anilines is 1. The second-order valence-corrected chi connectivity index (χ2v) is 7.30. The molecule has 3 rings (SSSR count). The molecule has 1 N–H and O–H groups in total. The minimum Gasteiger partial charge on any atom is -0.497 e. The number of thioether (sulfide) groups is 1. The Bertz CT molecular complexity index is 986. The van der Waals surface area contributed by atoms with Crippen LogP contribution in [0.2, 0.25) is 0 Å². The van der Waals surface area contributed by atoms with Crippen molar-refractivity contribution >= 4 is 28.4 Å². The number of aromatic nitrogens is 2. The minimum atomic E-state index is -0.617. The third-order valence-electron chi connectivity index (χ3n) is 3.88. The lowest BCUT2D eigenvalue weighted by Gasteiger charge is -2.10. The number of ether oxygens (including phenoxy) is 2. The highest BCUT2D eigenvalue weighted by atomic mass is 32.2. The average molecular weight is 427 g/mol. The number of hydrogen-bond donors (Lipinski definition) is 1. The quantitative estimate of drug-likeness (QED) is 0.382. The van der Waals surface area contributed by atoms with E-state index in [2.05, 4.69) is 27.2 Å². The Morgan fingerprint density at radius 2 is 2.00 bits per heavy atom. The van der Waals surface area contributed by atoms with Crippen LogP contribution in [-0.2, 0) is 6.61 Å². The molecule has 0 aliphatic rings. The summed E-state index contributed by atoms with van der Waals surface area (Å²) >= 11 is 1.50. The molecule has 0 aliphatic carbocycles. The Balaban J connectivity index is 1.77. The van der Waals surface area contributed by atoms with E-state index in [1.165, 1.54) is 11.8 Å². The zero-order chi connectivity index (χ0) is 21.2. The van der Waals surface area contributed by atoms with Crippen molar-refractivity contribution in [3.63, 3.8) is 0 Å². The highest BCUT2D eigenvalue weighted by molar-refractivity contribution is 8.14. The maximum Gasteiger partial charge on any atom is 0.318 e. The summed E-state index contributed by atoms with van der Waals surface area (Å²) in [5, 5.41) is 3.77. The van der Waals surface area contributed by atoms with Gasteiger partial charge in [-0.1, -0.05) is 49.0 Å². The molecule has 0 radical (unpaired) electrons. The molecule has 0 aliphatic heterocycles. The fourth-order valence-corrected chi connectivity index (χ4v) is 3.18. The normalized spacial score (nSPS) is 11.2. The number of halogens is 1. The van der Waals surface area contributed by atoms with Gasteiger partial charge in [0.15, 0.2) is 16.8 Å². The standard InChI is InChI=1S/C22H23FN4O2S/c1-3-12-30-22(25-17-9-5-4-6-10-17)27-20-19(23)14-24-21(26-20)29-15-16-8-7-11-18(13-16)28-2/h4-11,13-14H,3,12,15H2,1-2H3,(H,24,25,26,27). The molecule has 0 spiro atoms. The molecular weight excluding hydrogens is 403 g/mol. The lowest BCUT2D eigenvalue weighted by atomic mass is 10.2. The van der Waals surface area contributed by atoms with E-state index in [-0.39, 0.29) is 18.4 Å². The molecular formula is C22H23FN4O2S. The van der Waals surface area contributed by atoms with Crippen molar-refractivity contribution in [2.75, 3.05) is 18.2 Å². The zero-order valence-corrected chi connectivity index (χ0v) is 17.7. The molecule has 8 heteroatoms. The van der Waals surface area contributed by atoms with Gasteiger partial charge in [0.2, 0.25) is 0 Å². The number of hydrogen-bond acceptors (Lipinski definition) is 6. The summed E-state index contributed by atoms with van der Waals surface area (Å²) in [4.78, 5) is 12.4. The summed E-state index contributed by atoms with van der Waals surface area (Å²) in [5.74, 6) is 0.872. The Hall–Kier alpha value is -3.13. The van der Waals surface area contributed by atoms with Gasteiger partial charge in [0.1, 0.15) is 12.4 Å². The summed E-state index contributed by atoms with van der Waals surface area (Å²) in [6.45, 7) is 2.30. The maximum atomic E-state index is 14.3. The first-order valence-electron chi connectivity index (χ1n) is 9.49. The number of methoxy groups -OCH3 is 1. The molecule has 0 saturated heterocycles. The van der Waals surface area contributed by atoms with Gasteiger partial charge < -0.3 is 14.8 Å². The van der Waals surface area contributed by atoms with Crippen molar-refractivity contribution in [3.05, 3.63) is 72.2 Å². The Labute approximate surface area is 179 Å². The maximum absolute atomic E-state index is 14.3. The number of rotatable bonds is 8. The lowest BCUT2D eigenvalue weighted by Crippen LogP contribution is -2.09. The molecule has 156 valence electrons. The monoisotopic (exact) mass is 426 g/mol. The fourth-order valence-electron chi connectivity index (χ4n) is 2.44. The molecule has 0 bridgehead atoms. The smallest absolute Gasteiger partial charge is 0.318 e. The van der Waals surface area contributed by atoms with E-state index < -0.39 is 5.82 Å². The van der Waals surface area contributed by atoms with Crippen molar-refractivity contribution in [1.82, 2.24) is 9.97 Å². The van der Waals surface area contributed by atoms with Gasteiger partial charge in [-0.05, 0) is 36.2 Å². The lowest BCUT2D eigenvalue weighted by molar-refractivity contribution is 0.279. The number of aliphatic imine (C=N–C) groups is 1.